The molecule has 0 atom stereocenters. The monoisotopic (exact) mass is 513 g/mol. The highest BCUT2D eigenvalue weighted by molar-refractivity contribution is 5.92. The van der Waals surface area contributed by atoms with Crippen molar-refractivity contribution in [1.29, 1.82) is 5.26 Å². The first kappa shape index (κ1) is 24.1. The third-order valence-electron chi connectivity index (χ3n) is 9.12. The zero-order chi connectivity index (χ0) is 26.2. The second-order valence-electron chi connectivity index (χ2n) is 11.3. The van der Waals surface area contributed by atoms with Crippen LogP contribution < -0.4 is 4.90 Å². The number of anilines is 1. The van der Waals surface area contributed by atoms with Gasteiger partial charge in [-0.05, 0) is 79.1 Å². The van der Waals surface area contributed by atoms with Crippen LogP contribution in [0.1, 0.15) is 48.3 Å². The van der Waals surface area contributed by atoms with Gasteiger partial charge in [0, 0.05) is 78.7 Å². The van der Waals surface area contributed by atoms with Gasteiger partial charge in [0.2, 0.25) is 0 Å². The van der Waals surface area contributed by atoms with Gasteiger partial charge in [0.1, 0.15) is 0 Å². The fourth-order valence-electron chi connectivity index (χ4n) is 7.06. The number of H-pyrrole nitrogens is 1. The zero-order valence-electron chi connectivity index (χ0n) is 22.4. The van der Waals surface area contributed by atoms with E-state index in [-0.39, 0.29) is 0 Å². The van der Waals surface area contributed by atoms with Crippen molar-refractivity contribution < 1.29 is 0 Å². The summed E-state index contributed by atoms with van der Waals surface area (Å²) < 4.78 is 2.39. The lowest BCUT2D eigenvalue weighted by atomic mass is 9.81. The Morgan fingerprint density at radius 2 is 1.64 bits per heavy atom. The van der Waals surface area contributed by atoms with Crippen LogP contribution in [0, 0.1) is 11.3 Å². The molecule has 7 rings (SSSR count). The van der Waals surface area contributed by atoms with Gasteiger partial charge in [0.15, 0.2) is 0 Å². The van der Waals surface area contributed by atoms with E-state index in [0.29, 0.717) is 12.0 Å². The van der Waals surface area contributed by atoms with Crippen molar-refractivity contribution in [2.24, 2.45) is 0 Å². The normalized spacial score (nSPS) is 20.4. The van der Waals surface area contributed by atoms with Crippen molar-refractivity contribution >= 4 is 27.5 Å². The molecule has 0 amide bonds. The number of nitrogens with one attached hydrogen (secondary N) is 1. The number of rotatable bonds is 5. The predicted molar refractivity (Wildman–Crippen MR) is 159 cm³/mol. The molecule has 196 valence electrons. The minimum absolute atomic E-state index is 0.558. The molecule has 5 nitrogen and oxygen atoms in total. The number of hydrogen-bond donors (Lipinski definition) is 1. The molecule has 3 aromatic carbocycles. The smallest absolute Gasteiger partial charge is 0.0991 e. The highest BCUT2D eigenvalue weighted by Gasteiger charge is 2.30. The number of benzene rings is 3. The van der Waals surface area contributed by atoms with Crippen LogP contribution in [0.5, 0.6) is 0 Å². The average molecular weight is 514 g/mol. The second kappa shape index (κ2) is 10.3. The summed E-state index contributed by atoms with van der Waals surface area (Å²) in [6.07, 6.45) is 9.36. The molecule has 1 saturated heterocycles. The van der Waals surface area contributed by atoms with Gasteiger partial charge in [-0.3, -0.25) is 4.90 Å². The number of nitrogens with zero attached hydrogens (tertiary/aromatic N) is 4. The first-order chi connectivity index (χ1) is 19.3. The molecule has 1 aliphatic heterocycles. The summed E-state index contributed by atoms with van der Waals surface area (Å²) in [5, 5.41) is 12.2. The molecular formula is C34H35N5. The molecule has 3 heterocycles. The van der Waals surface area contributed by atoms with Gasteiger partial charge in [-0.1, -0.05) is 36.4 Å². The van der Waals surface area contributed by atoms with Gasteiger partial charge in [0.05, 0.1) is 11.6 Å². The Kier molecular flexibility index (Phi) is 6.34. The predicted octanol–water partition coefficient (Wildman–Crippen LogP) is 6.89. The standard InChI is InChI=1S/C34H35N5/c35-22-26-9-14-34-30(21-26)31(24-39(34)23-25-5-2-1-3-6-25)27-10-12-28(13-11-27)37-17-19-38(20-18-37)33-8-4-7-32-29(33)15-16-36-32/h1-9,14-16,21,24,27-28,36H,10-13,17-20,23H2. The van der Waals surface area contributed by atoms with Gasteiger partial charge in [0.25, 0.3) is 0 Å². The Morgan fingerprint density at radius 3 is 2.44 bits per heavy atom. The number of piperazine rings is 1. The summed E-state index contributed by atoms with van der Waals surface area (Å²) in [6.45, 7) is 5.32. The van der Waals surface area contributed by atoms with Crippen molar-refractivity contribution in [2.45, 2.75) is 44.2 Å². The van der Waals surface area contributed by atoms with E-state index in [1.807, 2.05) is 12.3 Å². The van der Waals surface area contributed by atoms with Crippen LogP contribution in [-0.2, 0) is 6.54 Å². The number of nitriles is 1. The van der Waals surface area contributed by atoms with E-state index < -0.39 is 0 Å². The lowest BCUT2D eigenvalue weighted by Crippen LogP contribution is -2.51. The summed E-state index contributed by atoms with van der Waals surface area (Å²) >= 11 is 0. The SMILES string of the molecule is N#Cc1ccc2c(c1)c(C1CCC(N3CCN(c4cccc5[nH]ccc45)CC3)CC1)cn2Cc1ccccc1. The fourth-order valence-corrected chi connectivity index (χ4v) is 7.06. The molecular weight excluding hydrogens is 478 g/mol. The van der Waals surface area contributed by atoms with Crippen LogP contribution in [0.2, 0.25) is 0 Å². The van der Waals surface area contributed by atoms with Gasteiger partial charge in [-0.2, -0.15) is 5.26 Å². The largest absolute Gasteiger partial charge is 0.368 e. The number of aromatic nitrogens is 2. The summed E-state index contributed by atoms with van der Waals surface area (Å²) in [6, 6.07) is 28.7. The number of fused-ring (bicyclic) bond motifs is 2. The molecule has 0 spiro atoms. The average Bonchev–Trinajstić information content (AvgIpc) is 3.63. The van der Waals surface area contributed by atoms with Crippen molar-refractivity contribution in [2.75, 3.05) is 31.1 Å². The molecule has 2 aliphatic rings. The fraction of sp³-hybridized carbons (Fsp3) is 0.324. The third-order valence-corrected chi connectivity index (χ3v) is 9.12. The molecule has 0 unspecified atom stereocenters. The lowest BCUT2D eigenvalue weighted by molar-refractivity contribution is 0.141. The zero-order valence-corrected chi connectivity index (χ0v) is 22.4. The second-order valence-corrected chi connectivity index (χ2v) is 11.3. The van der Waals surface area contributed by atoms with E-state index in [1.54, 1.807) is 0 Å². The summed E-state index contributed by atoms with van der Waals surface area (Å²) in [7, 11) is 0. The molecule has 0 bridgehead atoms. The van der Waals surface area contributed by atoms with Gasteiger partial charge >= 0.3 is 0 Å². The van der Waals surface area contributed by atoms with Crippen LogP contribution in [0.25, 0.3) is 21.8 Å². The molecule has 2 fully saturated rings. The van der Waals surface area contributed by atoms with E-state index in [2.05, 4.69) is 98.3 Å². The Bertz CT molecular complexity index is 1620. The molecule has 1 N–H and O–H groups in total. The van der Waals surface area contributed by atoms with Gasteiger partial charge < -0.3 is 14.5 Å². The first-order valence-electron chi connectivity index (χ1n) is 14.4. The van der Waals surface area contributed by atoms with Crippen LogP contribution >= 0.6 is 0 Å². The Hall–Kier alpha value is -4.01. The highest BCUT2D eigenvalue weighted by atomic mass is 15.3. The van der Waals surface area contributed by atoms with Crippen LogP contribution in [0.15, 0.2) is 85.2 Å². The van der Waals surface area contributed by atoms with E-state index >= 15 is 0 Å². The maximum Gasteiger partial charge on any atom is 0.0991 e. The summed E-state index contributed by atoms with van der Waals surface area (Å²) in [5.41, 5.74) is 7.31. The van der Waals surface area contributed by atoms with Crippen LogP contribution in [0.3, 0.4) is 0 Å². The number of aromatic amines is 1. The Morgan fingerprint density at radius 1 is 0.821 bits per heavy atom. The van der Waals surface area contributed by atoms with E-state index in [9.17, 15) is 5.26 Å². The van der Waals surface area contributed by atoms with E-state index in [4.69, 9.17) is 0 Å². The summed E-state index contributed by atoms with van der Waals surface area (Å²) in [5.74, 6) is 0.558. The van der Waals surface area contributed by atoms with Gasteiger partial charge in [-0.15, -0.1) is 0 Å². The maximum absolute atomic E-state index is 9.58. The molecule has 5 heteroatoms. The van der Waals surface area contributed by atoms with E-state index in [0.717, 1.165) is 38.3 Å². The van der Waals surface area contributed by atoms with Crippen LogP contribution in [0.4, 0.5) is 5.69 Å². The van der Waals surface area contributed by atoms with Crippen molar-refractivity contribution in [3.63, 3.8) is 0 Å². The summed E-state index contributed by atoms with van der Waals surface area (Å²) in [4.78, 5) is 8.66. The minimum Gasteiger partial charge on any atom is -0.368 e. The maximum atomic E-state index is 9.58. The number of hydrogen-bond acceptors (Lipinski definition) is 3. The molecule has 5 aromatic rings. The quantitative estimate of drug-likeness (QED) is 0.278. The minimum atomic E-state index is 0.558. The van der Waals surface area contributed by atoms with Gasteiger partial charge in [-0.25, -0.2) is 0 Å². The molecule has 2 aromatic heterocycles. The molecule has 1 saturated carbocycles. The van der Waals surface area contributed by atoms with Crippen molar-refractivity contribution in [3.8, 4) is 6.07 Å². The van der Waals surface area contributed by atoms with Crippen molar-refractivity contribution in [1.82, 2.24) is 14.5 Å². The molecule has 1 aliphatic carbocycles. The Balaban J connectivity index is 1.04. The lowest BCUT2D eigenvalue weighted by Gasteiger charge is -2.42. The van der Waals surface area contributed by atoms with Crippen molar-refractivity contribution in [3.05, 3.63) is 102 Å². The van der Waals surface area contributed by atoms with Crippen LogP contribution in [-0.4, -0.2) is 46.7 Å². The topological polar surface area (TPSA) is 51.0 Å². The molecule has 39 heavy (non-hydrogen) atoms. The highest BCUT2D eigenvalue weighted by Crippen LogP contribution is 2.40. The first-order valence-corrected chi connectivity index (χ1v) is 14.4. The third kappa shape index (κ3) is 4.60. The molecule has 0 radical (unpaired) electrons. The Labute approximate surface area is 230 Å². The van der Waals surface area contributed by atoms with E-state index in [1.165, 1.54) is 64.3 Å².